The Balaban J connectivity index is 2.99. The van der Waals surface area contributed by atoms with Gasteiger partial charge in [-0.3, -0.25) is 4.79 Å². The van der Waals surface area contributed by atoms with Crippen LogP contribution in [-0.2, 0) is 4.79 Å². The molecule has 0 saturated heterocycles. The van der Waals surface area contributed by atoms with E-state index in [1.165, 1.54) is 0 Å². The minimum atomic E-state index is -3.42. The number of hydrogen-bond acceptors (Lipinski definition) is 4. The van der Waals surface area contributed by atoms with E-state index in [9.17, 15) is 22.8 Å². The minimum Gasteiger partial charge on any atom is -0.479 e. The molecule has 1 aromatic heterocycles. The van der Waals surface area contributed by atoms with Gasteiger partial charge >= 0.3 is 11.5 Å². The Bertz CT molecular complexity index is 462. The third-order valence-corrected chi connectivity index (χ3v) is 1.63. The van der Waals surface area contributed by atoms with E-state index in [1.54, 1.807) is 0 Å². The summed E-state index contributed by atoms with van der Waals surface area (Å²) in [7, 11) is 0. The molecule has 1 unspecified atom stereocenters. The van der Waals surface area contributed by atoms with Crippen LogP contribution < -0.4 is 10.3 Å². The third kappa shape index (κ3) is 3.20. The highest BCUT2D eigenvalue weighted by atomic mass is 19.3. The van der Waals surface area contributed by atoms with Crippen molar-refractivity contribution < 1.29 is 27.8 Å². The lowest BCUT2D eigenvalue weighted by Gasteiger charge is -2.10. The molecule has 1 atom stereocenters. The molecule has 94 valence electrons. The Hall–Kier alpha value is -2.06. The van der Waals surface area contributed by atoms with Gasteiger partial charge in [0.2, 0.25) is 0 Å². The summed E-state index contributed by atoms with van der Waals surface area (Å²) in [5.41, 5.74) is -1.26. The summed E-state index contributed by atoms with van der Waals surface area (Å²) in [4.78, 5) is 21.5. The number of alkyl halides is 3. The Kier molecular flexibility index (Phi) is 4.07. The molecule has 0 radical (unpaired) electrons. The quantitative estimate of drug-likeness (QED) is 0.822. The van der Waals surface area contributed by atoms with Crippen LogP contribution in [0.4, 0.5) is 13.2 Å². The number of carboxylic acids is 1. The maximum absolute atomic E-state index is 12.9. The number of carbonyl (C=O) groups is 1. The van der Waals surface area contributed by atoms with E-state index in [-0.39, 0.29) is 4.68 Å². The van der Waals surface area contributed by atoms with E-state index in [2.05, 4.69) is 9.84 Å². The lowest BCUT2D eigenvalue weighted by atomic mass is 10.5. The second-order valence-electron chi connectivity index (χ2n) is 2.83. The van der Waals surface area contributed by atoms with E-state index in [0.717, 1.165) is 12.3 Å². The molecule has 0 aliphatic heterocycles. The summed E-state index contributed by atoms with van der Waals surface area (Å²) in [5.74, 6) is -1.93. The lowest BCUT2D eigenvalue weighted by molar-refractivity contribution is -0.139. The fourth-order valence-electron chi connectivity index (χ4n) is 0.941. The zero-order chi connectivity index (χ0) is 13.0. The topological polar surface area (TPSA) is 81.4 Å². The molecule has 9 heteroatoms. The molecule has 0 aliphatic rings. The largest absolute Gasteiger partial charge is 0.479 e. The van der Waals surface area contributed by atoms with Gasteiger partial charge in [0.05, 0.1) is 6.20 Å². The van der Waals surface area contributed by atoms with Crippen LogP contribution in [0.15, 0.2) is 17.1 Å². The second kappa shape index (κ2) is 5.32. The summed E-state index contributed by atoms with van der Waals surface area (Å²) < 4.78 is 41.3. The van der Waals surface area contributed by atoms with Gasteiger partial charge in [-0.05, 0) is 0 Å². The van der Waals surface area contributed by atoms with Gasteiger partial charge in [0.25, 0.3) is 12.7 Å². The van der Waals surface area contributed by atoms with Crippen LogP contribution in [0.5, 0.6) is 5.75 Å². The summed E-state index contributed by atoms with van der Waals surface area (Å²) in [6.45, 7) is -0.842. The minimum absolute atomic E-state index is 0.109. The number of ether oxygens (including phenoxy) is 1. The predicted molar refractivity (Wildman–Crippen MR) is 47.8 cm³/mol. The van der Waals surface area contributed by atoms with E-state index < -0.39 is 36.6 Å². The molecule has 1 N–H and O–H groups in total. The first-order chi connectivity index (χ1) is 7.93. The highest BCUT2D eigenvalue weighted by Gasteiger charge is 2.24. The fourth-order valence-corrected chi connectivity index (χ4v) is 0.941. The predicted octanol–water partition coefficient (Wildman–Crippen LogP) is 0.440. The van der Waals surface area contributed by atoms with Crippen LogP contribution in [0.25, 0.3) is 0 Å². The molecule has 0 bridgehead atoms. The van der Waals surface area contributed by atoms with Crippen molar-refractivity contribution in [1.82, 2.24) is 9.78 Å². The number of carboxylic acid groups (broad SMARTS) is 1. The smallest absolute Gasteiger partial charge is 0.341 e. The van der Waals surface area contributed by atoms with Crippen LogP contribution in [-0.4, -0.2) is 33.9 Å². The van der Waals surface area contributed by atoms with Crippen molar-refractivity contribution in [3.8, 4) is 5.75 Å². The van der Waals surface area contributed by atoms with Crippen molar-refractivity contribution in [2.24, 2.45) is 0 Å². The number of halogens is 3. The van der Waals surface area contributed by atoms with E-state index in [1.807, 2.05) is 0 Å². The third-order valence-electron chi connectivity index (χ3n) is 1.63. The zero-order valence-corrected chi connectivity index (χ0v) is 8.22. The number of rotatable bonds is 5. The molecule has 1 aromatic rings. The van der Waals surface area contributed by atoms with Crippen LogP contribution in [0.1, 0.15) is 6.30 Å². The highest BCUT2D eigenvalue weighted by Crippen LogP contribution is 2.15. The number of aliphatic carboxylic acids is 1. The molecule has 0 aromatic carbocycles. The van der Waals surface area contributed by atoms with Crippen molar-refractivity contribution in [2.45, 2.75) is 12.7 Å². The van der Waals surface area contributed by atoms with Crippen molar-refractivity contribution in [3.05, 3.63) is 22.6 Å². The zero-order valence-electron chi connectivity index (χ0n) is 8.22. The molecule has 0 amide bonds. The molecule has 1 heterocycles. The molecular weight excluding hydrogens is 245 g/mol. The molecule has 0 spiro atoms. The number of nitrogens with zero attached hydrogens (tertiary/aromatic N) is 2. The molecule has 6 nitrogen and oxygen atoms in total. The number of aromatic nitrogens is 2. The van der Waals surface area contributed by atoms with Crippen LogP contribution in [0.3, 0.4) is 0 Å². The van der Waals surface area contributed by atoms with E-state index >= 15 is 0 Å². The summed E-state index contributed by atoms with van der Waals surface area (Å²) in [6, 6.07) is 0.958. The molecule has 1 rings (SSSR count). The first-order valence-electron chi connectivity index (χ1n) is 4.28. The van der Waals surface area contributed by atoms with Crippen LogP contribution >= 0.6 is 0 Å². The summed E-state index contributed by atoms with van der Waals surface area (Å²) >= 11 is 0. The van der Waals surface area contributed by atoms with Gasteiger partial charge < -0.3 is 9.84 Å². The SMILES string of the molecule is O=C(O)COc1ccnn(C(F)C(F)F)c1=O. The highest BCUT2D eigenvalue weighted by molar-refractivity contribution is 5.68. The first kappa shape index (κ1) is 13.0. The van der Waals surface area contributed by atoms with Crippen molar-refractivity contribution in [1.29, 1.82) is 0 Å². The maximum Gasteiger partial charge on any atom is 0.341 e. The lowest BCUT2D eigenvalue weighted by Crippen LogP contribution is -2.30. The van der Waals surface area contributed by atoms with Crippen molar-refractivity contribution >= 4 is 5.97 Å². The van der Waals surface area contributed by atoms with Crippen molar-refractivity contribution in [3.63, 3.8) is 0 Å². The Morgan fingerprint density at radius 2 is 2.18 bits per heavy atom. The maximum atomic E-state index is 12.9. The van der Waals surface area contributed by atoms with Crippen LogP contribution in [0.2, 0.25) is 0 Å². The average Bonchev–Trinajstić information content (AvgIpc) is 2.26. The molecule has 0 aliphatic carbocycles. The Morgan fingerprint density at radius 1 is 1.53 bits per heavy atom. The average molecular weight is 252 g/mol. The second-order valence-corrected chi connectivity index (χ2v) is 2.83. The van der Waals surface area contributed by atoms with Crippen LogP contribution in [0, 0.1) is 0 Å². The van der Waals surface area contributed by atoms with Gasteiger partial charge in [-0.2, -0.15) is 9.78 Å². The van der Waals surface area contributed by atoms with Gasteiger partial charge in [-0.1, -0.05) is 0 Å². The summed E-state index contributed by atoms with van der Waals surface area (Å²) in [6.07, 6.45) is -5.47. The molecule has 17 heavy (non-hydrogen) atoms. The Morgan fingerprint density at radius 3 is 2.71 bits per heavy atom. The first-order valence-corrected chi connectivity index (χ1v) is 4.28. The molecule has 0 saturated carbocycles. The van der Waals surface area contributed by atoms with E-state index in [0.29, 0.717) is 0 Å². The fraction of sp³-hybridized carbons (Fsp3) is 0.375. The summed E-state index contributed by atoms with van der Waals surface area (Å²) in [5, 5.41) is 11.4. The van der Waals surface area contributed by atoms with Gasteiger partial charge in [0.1, 0.15) is 0 Å². The van der Waals surface area contributed by atoms with Gasteiger partial charge in [-0.15, -0.1) is 0 Å². The monoisotopic (exact) mass is 252 g/mol. The van der Waals surface area contributed by atoms with Gasteiger partial charge in [-0.25, -0.2) is 18.0 Å². The van der Waals surface area contributed by atoms with E-state index in [4.69, 9.17) is 5.11 Å². The normalized spacial score (nSPS) is 12.5. The van der Waals surface area contributed by atoms with Gasteiger partial charge in [0, 0.05) is 6.07 Å². The molecule has 0 fully saturated rings. The standard InChI is InChI=1S/C8H7F3N2O4/c9-6(10)7(11)13-8(16)4(1-2-12-13)17-3-5(14)15/h1-2,6-7H,3H2,(H,14,15). The Labute approximate surface area is 92.2 Å². The van der Waals surface area contributed by atoms with Gasteiger partial charge in [0.15, 0.2) is 12.4 Å². The number of hydrogen-bond donors (Lipinski definition) is 1. The van der Waals surface area contributed by atoms with Crippen molar-refractivity contribution in [2.75, 3.05) is 6.61 Å². The molecular formula is C8H7F3N2O4.